The number of nitrogens with one attached hydrogen (secondary N) is 2. The van der Waals surface area contributed by atoms with Crippen LogP contribution in [0.2, 0.25) is 5.02 Å². The van der Waals surface area contributed by atoms with Crippen LogP contribution in [0.25, 0.3) is 0 Å². The lowest BCUT2D eigenvalue weighted by Gasteiger charge is -2.35. The van der Waals surface area contributed by atoms with Crippen LogP contribution in [-0.2, 0) is 16.0 Å². The fourth-order valence-corrected chi connectivity index (χ4v) is 4.85. The average molecular weight is 455 g/mol. The Morgan fingerprint density at radius 3 is 2.62 bits per heavy atom. The van der Waals surface area contributed by atoms with Crippen LogP contribution in [0.1, 0.15) is 42.0 Å². The minimum Gasteiger partial charge on any atom is -0.374 e. The summed E-state index contributed by atoms with van der Waals surface area (Å²) in [4.78, 5) is 29.8. The molecule has 0 unspecified atom stereocenters. The molecule has 0 bridgehead atoms. The van der Waals surface area contributed by atoms with Crippen LogP contribution in [0.15, 0.2) is 36.4 Å². The maximum Gasteiger partial charge on any atom is 0.313 e. The van der Waals surface area contributed by atoms with Crippen molar-refractivity contribution >= 4 is 34.8 Å². The predicted molar refractivity (Wildman–Crippen MR) is 129 cm³/mol. The van der Waals surface area contributed by atoms with Gasteiger partial charge in [0.1, 0.15) is 0 Å². The van der Waals surface area contributed by atoms with Gasteiger partial charge in [0, 0.05) is 36.5 Å². The minimum absolute atomic E-state index is 0.0520. The van der Waals surface area contributed by atoms with E-state index in [-0.39, 0.29) is 6.04 Å². The number of hydrogen-bond donors (Lipinski definition) is 2. The molecule has 170 valence electrons. The van der Waals surface area contributed by atoms with Crippen molar-refractivity contribution < 1.29 is 9.59 Å². The molecule has 2 heterocycles. The topological polar surface area (TPSA) is 64.7 Å². The molecule has 4 rings (SSSR count). The van der Waals surface area contributed by atoms with Gasteiger partial charge in [-0.15, -0.1) is 0 Å². The molecule has 0 saturated carbocycles. The van der Waals surface area contributed by atoms with Crippen molar-refractivity contribution in [1.82, 2.24) is 10.2 Å². The van der Waals surface area contributed by atoms with E-state index in [2.05, 4.69) is 45.7 Å². The molecule has 2 aliphatic rings. The second-order valence-electron chi connectivity index (χ2n) is 8.75. The molecule has 2 amide bonds. The third kappa shape index (κ3) is 4.92. The van der Waals surface area contributed by atoms with Crippen molar-refractivity contribution in [1.29, 1.82) is 0 Å². The zero-order valence-corrected chi connectivity index (χ0v) is 19.5. The Morgan fingerprint density at radius 1 is 1.06 bits per heavy atom. The van der Waals surface area contributed by atoms with Crippen LogP contribution < -0.4 is 15.5 Å². The van der Waals surface area contributed by atoms with Crippen LogP contribution in [0, 0.1) is 6.92 Å². The molecule has 1 fully saturated rings. The largest absolute Gasteiger partial charge is 0.374 e. The maximum atomic E-state index is 12.6. The van der Waals surface area contributed by atoms with E-state index in [0.29, 0.717) is 17.3 Å². The van der Waals surface area contributed by atoms with Crippen molar-refractivity contribution in [3.63, 3.8) is 0 Å². The Labute approximate surface area is 194 Å². The highest BCUT2D eigenvalue weighted by Crippen LogP contribution is 2.32. The number of amides is 2. The van der Waals surface area contributed by atoms with E-state index in [0.717, 1.165) is 44.5 Å². The van der Waals surface area contributed by atoms with Crippen molar-refractivity contribution in [2.75, 3.05) is 43.4 Å². The normalized spacial score (nSPS) is 17.0. The molecule has 1 atom stereocenters. The van der Waals surface area contributed by atoms with Crippen LogP contribution in [0.3, 0.4) is 0 Å². The van der Waals surface area contributed by atoms with E-state index in [1.54, 1.807) is 18.2 Å². The number of likely N-dealkylation sites (N-methyl/N-ethyl adjacent to an activating group) is 1. The molecule has 0 spiro atoms. The smallest absolute Gasteiger partial charge is 0.313 e. The Bertz CT molecular complexity index is 1000. The van der Waals surface area contributed by atoms with E-state index in [1.807, 2.05) is 6.92 Å². The first-order valence-corrected chi connectivity index (χ1v) is 11.7. The first-order chi connectivity index (χ1) is 15.4. The number of benzene rings is 2. The summed E-state index contributed by atoms with van der Waals surface area (Å²) < 4.78 is 0. The average Bonchev–Trinajstić information content (AvgIpc) is 3.17. The van der Waals surface area contributed by atoms with Gasteiger partial charge in [-0.05, 0) is 74.2 Å². The molecule has 0 radical (unpaired) electrons. The van der Waals surface area contributed by atoms with Gasteiger partial charge in [0.2, 0.25) is 0 Å². The Hall–Kier alpha value is -2.57. The third-order valence-corrected chi connectivity index (χ3v) is 7.04. The van der Waals surface area contributed by atoms with Crippen LogP contribution >= 0.6 is 11.6 Å². The zero-order valence-electron chi connectivity index (χ0n) is 18.8. The number of carbonyl (C=O) groups is 2. The molecular formula is C25H31ClN4O2. The van der Waals surface area contributed by atoms with Crippen molar-refractivity contribution in [3.05, 3.63) is 58.1 Å². The van der Waals surface area contributed by atoms with Crippen molar-refractivity contribution in [3.8, 4) is 0 Å². The first kappa shape index (κ1) is 22.6. The predicted octanol–water partition coefficient (Wildman–Crippen LogP) is 3.92. The summed E-state index contributed by atoms with van der Waals surface area (Å²) in [6.45, 7) is 5.26. The lowest BCUT2D eigenvalue weighted by molar-refractivity contribution is -0.136. The number of halogens is 1. The summed E-state index contributed by atoms with van der Waals surface area (Å²) in [5.74, 6) is -1.31. The standard InChI is InChI=1S/C25H31ClN4O2/c1-17-20(26)7-6-8-21(17)28-25(32)24(31)27-16-23(30-12-4-3-5-13-30)18-9-10-22-19(15-18)11-14-29(22)2/h6-10,15,23H,3-5,11-14,16H2,1-2H3,(H,27,31)(H,28,32)/t23-/m1/s1. The number of nitrogens with zero attached hydrogens (tertiary/aromatic N) is 2. The number of hydrogen-bond acceptors (Lipinski definition) is 4. The Balaban J connectivity index is 1.46. The lowest BCUT2D eigenvalue weighted by Crippen LogP contribution is -2.43. The summed E-state index contributed by atoms with van der Waals surface area (Å²) in [6, 6.07) is 11.9. The van der Waals surface area contributed by atoms with Crippen LogP contribution in [0.4, 0.5) is 11.4 Å². The molecule has 7 heteroatoms. The maximum absolute atomic E-state index is 12.6. The van der Waals surface area contributed by atoms with Gasteiger partial charge < -0.3 is 15.5 Å². The Kier molecular flexibility index (Phi) is 7.01. The van der Waals surface area contributed by atoms with Gasteiger partial charge in [-0.25, -0.2) is 0 Å². The van der Waals surface area contributed by atoms with Crippen LogP contribution in [0.5, 0.6) is 0 Å². The van der Waals surface area contributed by atoms with Gasteiger partial charge >= 0.3 is 11.8 Å². The summed E-state index contributed by atoms with van der Waals surface area (Å²) in [5, 5.41) is 6.10. The van der Waals surface area contributed by atoms with E-state index >= 15 is 0 Å². The Morgan fingerprint density at radius 2 is 1.84 bits per heavy atom. The monoisotopic (exact) mass is 454 g/mol. The van der Waals surface area contributed by atoms with Gasteiger partial charge in [0.25, 0.3) is 0 Å². The van der Waals surface area contributed by atoms with Gasteiger partial charge in [-0.1, -0.05) is 36.2 Å². The number of likely N-dealkylation sites (tertiary alicyclic amines) is 1. The van der Waals surface area contributed by atoms with E-state index < -0.39 is 11.8 Å². The number of fused-ring (bicyclic) bond motifs is 1. The molecule has 2 aromatic carbocycles. The SMILES string of the molecule is Cc1c(Cl)cccc1NC(=O)C(=O)NC[C@H](c1ccc2c(c1)CCN2C)N1CCCCC1. The fraction of sp³-hybridized carbons (Fsp3) is 0.440. The minimum atomic E-state index is -0.677. The number of carbonyl (C=O) groups excluding carboxylic acids is 2. The molecule has 0 aliphatic carbocycles. The number of rotatable bonds is 5. The summed E-state index contributed by atoms with van der Waals surface area (Å²) in [7, 11) is 2.12. The van der Waals surface area contributed by atoms with Gasteiger partial charge in [0.05, 0.1) is 6.04 Å². The molecule has 1 saturated heterocycles. The fourth-order valence-electron chi connectivity index (χ4n) is 4.67. The van der Waals surface area contributed by atoms with E-state index in [1.165, 1.54) is 23.2 Å². The number of anilines is 2. The first-order valence-electron chi connectivity index (χ1n) is 11.4. The molecule has 6 nitrogen and oxygen atoms in total. The van der Waals surface area contributed by atoms with Gasteiger partial charge in [0.15, 0.2) is 0 Å². The van der Waals surface area contributed by atoms with Crippen molar-refractivity contribution in [2.24, 2.45) is 0 Å². The summed E-state index contributed by atoms with van der Waals surface area (Å²) in [6.07, 6.45) is 4.60. The van der Waals surface area contributed by atoms with Gasteiger partial charge in [-0.2, -0.15) is 0 Å². The number of piperidine rings is 1. The molecule has 2 N–H and O–H groups in total. The summed E-state index contributed by atoms with van der Waals surface area (Å²) >= 11 is 6.12. The molecule has 2 aliphatic heterocycles. The zero-order chi connectivity index (χ0) is 22.7. The molecule has 2 aromatic rings. The van der Waals surface area contributed by atoms with Crippen LogP contribution in [-0.4, -0.2) is 49.9 Å². The molecule has 32 heavy (non-hydrogen) atoms. The lowest BCUT2D eigenvalue weighted by atomic mass is 9.98. The molecular weight excluding hydrogens is 424 g/mol. The van der Waals surface area contributed by atoms with E-state index in [9.17, 15) is 9.59 Å². The summed E-state index contributed by atoms with van der Waals surface area (Å²) in [5.41, 5.74) is 5.13. The highest BCUT2D eigenvalue weighted by Gasteiger charge is 2.26. The molecule has 0 aromatic heterocycles. The quantitative estimate of drug-likeness (QED) is 0.672. The van der Waals surface area contributed by atoms with Crippen molar-refractivity contribution in [2.45, 2.75) is 38.6 Å². The highest BCUT2D eigenvalue weighted by atomic mass is 35.5. The van der Waals surface area contributed by atoms with Gasteiger partial charge in [-0.3, -0.25) is 14.5 Å². The highest BCUT2D eigenvalue weighted by molar-refractivity contribution is 6.40. The second-order valence-corrected chi connectivity index (χ2v) is 9.16. The second kappa shape index (κ2) is 9.92. The third-order valence-electron chi connectivity index (χ3n) is 6.63. The van der Waals surface area contributed by atoms with E-state index in [4.69, 9.17) is 11.6 Å².